The zero-order valence-electron chi connectivity index (χ0n) is 14.6. The monoisotopic (exact) mass is 342 g/mol. The average molecular weight is 343 g/mol. The lowest BCUT2D eigenvalue weighted by atomic mass is 10.3. The zero-order chi connectivity index (χ0) is 16.9. The van der Waals surface area contributed by atoms with Gasteiger partial charge in [-0.3, -0.25) is 4.68 Å². The van der Waals surface area contributed by atoms with Gasteiger partial charge < -0.3 is 4.90 Å². The number of nitrogens with zero attached hydrogens (tertiary/aromatic N) is 3. The van der Waals surface area contributed by atoms with E-state index in [4.69, 9.17) is 0 Å². The van der Waals surface area contributed by atoms with E-state index in [-0.39, 0.29) is 0 Å². The van der Waals surface area contributed by atoms with Gasteiger partial charge in [0.2, 0.25) is 10.0 Å². The second-order valence-corrected chi connectivity index (χ2v) is 8.01. The van der Waals surface area contributed by atoms with Gasteiger partial charge in [0.1, 0.15) is 4.90 Å². The quantitative estimate of drug-likeness (QED) is 0.699. The highest BCUT2D eigenvalue weighted by atomic mass is 32.2. The van der Waals surface area contributed by atoms with Crippen molar-refractivity contribution < 1.29 is 8.42 Å². The van der Waals surface area contributed by atoms with Gasteiger partial charge in [0.25, 0.3) is 0 Å². The molecule has 0 bridgehead atoms. The molecule has 1 saturated carbocycles. The van der Waals surface area contributed by atoms with Crippen molar-refractivity contribution in [2.45, 2.75) is 63.8 Å². The molecule has 1 fully saturated rings. The number of rotatable bonds is 9. The lowest BCUT2D eigenvalue weighted by Crippen LogP contribution is -2.30. The third kappa shape index (κ3) is 4.78. The van der Waals surface area contributed by atoms with Crippen LogP contribution in [0.4, 0.5) is 0 Å². The van der Waals surface area contributed by atoms with Gasteiger partial charge in [-0.1, -0.05) is 26.7 Å². The van der Waals surface area contributed by atoms with E-state index in [1.54, 1.807) is 13.1 Å². The summed E-state index contributed by atoms with van der Waals surface area (Å²) in [4.78, 5) is 2.62. The summed E-state index contributed by atoms with van der Waals surface area (Å²) in [5, 5.41) is 4.43. The first-order valence-electron chi connectivity index (χ1n) is 8.75. The van der Waals surface area contributed by atoms with E-state index in [9.17, 15) is 8.42 Å². The van der Waals surface area contributed by atoms with Gasteiger partial charge in [-0.15, -0.1) is 0 Å². The van der Waals surface area contributed by atoms with E-state index in [2.05, 4.69) is 28.6 Å². The molecule has 0 saturated heterocycles. The number of sulfonamides is 1. The Morgan fingerprint density at radius 2 is 1.96 bits per heavy atom. The van der Waals surface area contributed by atoms with Crippen LogP contribution in [0.1, 0.15) is 57.7 Å². The standard InChI is InChI=1S/C16H30N4O2S/c1-4-19(5-2)12-8-11-17-23(21,22)16-13-20(18-14(16)3)15-9-6-7-10-15/h13,15,17H,4-12H2,1-3H3. The van der Waals surface area contributed by atoms with Crippen LogP contribution < -0.4 is 4.72 Å². The van der Waals surface area contributed by atoms with Crippen molar-refractivity contribution in [2.75, 3.05) is 26.2 Å². The molecule has 0 amide bonds. The predicted molar refractivity (Wildman–Crippen MR) is 92.1 cm³/mol. The third-order valence-corrected chi connectivity index (χ3v) is 6.26. The van der Waals surface area contributed by atoms with Gasteiger partial charge in [0.15, 0.2) is 0 Å². The molecule has 0 radical (unpaired) electrons. The van der Waals surface area contributed by atoms with E-state index < -0.39 is 10.0 Å². The maximum absolute atomic E-state index is 12.5. The summed E-state index contributed by atoms with van der Waals surface area (Å²) in [6.07, 6.45) is 7.12. The fraction of sp³-hybridized carbons (Fsp3) is 0.812. The normalized spacial score (nSPS) is 16.5. The Morgan fingerprint density at radius 3 is 2.57 bits per heavy atom. The van der Waals surface area contributed by atoms with Crippen molar-refractivity contribution in [2.24, 2.45) is 0 Å². The molecule has 0 aliphatic heterocycles. The van der Waals surface area contributed by atoms with Crippen molar-refractivity contribution in [3.8, 4) is 0 Å². The summed E-state index contributed by atoms with van der Waals surface area (Å²) in [6, 6.07) is 0.361. The fourth-order valence-corrected chi connectivity index (χ4v) is 4.46. The molecule has 1 aromatic rings. The molecule has 132 valence electrons. The minimum atomic E-state index is -3.46. The Balaban J connectivity index is 1.94. The lowest BCUT2D eigenvalue weighted by Gasteiger charge is -2.17. The van der Waals surface area contributed by atoms with Crippen LogP contribution in [0, 0.1) is 6.92 Å². The molecule has 0 aromatic carbocycles. The Labute approximate surface area is 140 Å². The molecule has 1 aromatic heterocycles. The van der Waals surface area contributed by atoms with Crippen LogP contribution in [-0.4, -0.2) is 49.3 Å². The molecule has 1 aliphatic rings. The average Bonchev–Trinajstić information content (AvgIpc) is 3.16. The first-order chi connectivity index (χ1) is 11.0. The van der Waals surface area contributed by atoms with Crippen LogP contribution in [0.25, 0.3) is 0 Å². The van der Waals surface area contributed by atoms with Crippen LogP contribution in [0.5, 0.6) is 0 Å². The highest BCUT2D eigenvalue weighted by molar-refractivity contribution is 7.89. The maximum Gasteiger partial charge on any atom is 0.243 e. The first-order valence-corrected chi connectivity index (χ1v) is 10.2. The minimum absolute atomic E-state index is 0.326. The smallest absolute Gasteiger partial charge is 0.243 e. The van der Waals surface area contributed by atoms with E-state index >= 15 is 0 Å². The van der Waals surface area contributed by atoms with Crippen LogP contribution in [0.3, 0.4) is 0 Å². The summed E-state index contributed by atoms with van der Waals surface area (Å²) in [6.45, 7) is 9.38. The van der Waals surface area contributed by atoms with Crippen molar-refractivity contribution in [1.82, 2.24) is 19.4 Å². The number of hydrogen-bond acceptors (Lipinski definition) is 4. The topological polar surface area (TPSA) is 67.2 Å². The molecule has 7 heteroatoms. The van der Waals surface area contributed by atoms with E-state index in [1.165, 1.54) is 12.8 Å². The number of nitrogens with one attached hydrogen (secondary N) is 1. The summed E-state index contributed by atoms with van der Waals surface area (Å²) < 4.78 is 29.5. The molecular formula is C16H30N4O2S. The molecule has 6 nitrogen and oxygen atoms in total. The second-order valence-electron chi connectivity index (χ2n) is 6.28. The summed E-state index contributed by atoms with van der Waals surface area (Å²) in [5.41, 5.74) is 0.591. The Hall–Kier alpha value is -0.920. The van der Waals surface area contributed by atoms with Crippen LogP contribution in [0.2, 0.25) is 0 Å². The predicted octanol–water partition coefficient (Wildman–Crippen LogP) is 2.32. The fourth-order valence-electron chi connectivity index (χ4n) is 3.21. The minimum Gasteiger partial charge on any atom is -0.304 e. The second kappa shape index (κ2) is 8.26. The first kappa shape index (κ1) is 18.4. The molecule has 2 rings (SSSR count). The molecule has 1 aliphatic carbocycles. The largest absolute Gasteiger partial charge is 0.304 e. The van der Waals surface area contributed by atoms with E-state index in [1.807, 2.05) is 4.68 Å². The Kier molecular flexibility index (Phi) is 6.61. The van der Waals surface area contributed by atoms with Crippen LogP contribution >= 0.6 is 0 Å². The van der Waals surface area contributed by atoms with E-state index in [0.717, 1.165) is 38.9 Å². The highest BCUT2D eigenvalue weighted by Gasteiger charge is 2.24. The lowest BCUT2D eigenvalue weighted by molar-refractivity contribution is 0.300. The van der Waals surface area contributed by atoms with Gasteiger partial charge in [-0.25, -0.2) is 13.1 Å². The van der Waals surface area contributed by atoms with Crippen molar-refractivity contribution >= 4 is 10.0 Å². The molecule has 0 atom stereocenters. The van der Waals surface area contributed by atoms with Gasteiger partial charge in [0.05, 0.1) is 11.7 Å². The molecule has 0 spiro atoms. The highest BCUT2D eigenvalue weighted by Crippen LogP contribution is 2.30. The van der Waals surface area contributed by atoms with Crippen molar-refractivity contribution in [1.29, 1.82) is 0 Å². The number of aromatic nitrogens is 2. The Bertz CT molecular complexity index is 587. The third-order valence-electron chi connectivity index (χ3n) is 4.70. The molecule has 0 unspecified atom stereocenters. The maximum atomic E-state index is 12.5. The number of aryl methyl sites for hydroxylation is 1. The summed E-state index contributed by atoms with van der Waals surface area (Å²) >= 11 is 0. The van der Waals surface area contributed by atoms with Crippen LogP contribution in [-0.2, 0) is 10.0 Å². The SMILES string of the molecule is CCN(CC)CCCNS(=O)(=O)c1cn(C2CCCC2)nc1C. The van der Waals surface area contributed by atoms with Gasteiger partial charge in [0, 0.05) is 12.7 Å². The molecule has 1 heterocycles. The van der Waals surface area contributed by atoms with Crippen LogP contribution in [0.15, 0.2) is 11.1 Å². The summed E-state index contributed by atoms with van der Waals surface area (Å²) in [7, 11) is -3.46. The summed E-state index contributed by atoms with van der Waals surface area (Å²) in [5.74, 6) is 0. The van der Waals surface area contributed by atoms with E-state index in [0.29, 0.717) is 23.2 Å². The van der Waals surface area contributed by atoms with Gasteiger partial charge >= 0.3 is 0 Å². The molecular weight excluding hydrogens is 312 g/mol. The zero-order valence-corrected chi connectivity index (χ0v) is 15.4. The van der Waals surface area contributed by atoms with Gasteiger partial charge in [-0.2, -0.15) is 5.10 Å². The number of hydrogen-bond donors (Lipinski definition) is 1. The van der Waals surface area contributed by atoms with Crippen molar-refractivity contribution in [3.63, 3.8) is 0 Å². The molecule has 23 heavy (non-hydrogen) atoms. The van der Waals surface area contributed by atoms with Gasteiger partial charge in [-0.05, 0) is 45.8 Å². The van der Waals surface area contributed by atoms with Crippen molar-refractivity contribution in [3.05, 3.63) is 11.9 Å². The molecule has 1 N–H and O–H groups in total. The Morgan fingerprint density at radius 1 is 1.30 bits per heavy atom.